The summed E-state index contributed by atoms with van der Waals surface area (Å²) in [7, 11) is 0. The maximum absolute atomic E-state index is 10.7. The van der Waals surface area contributed by atoms with E-state index < -0.39 is 4.92 Å². The number of hydrogen-bond donors (Lipinski definition) is 1. The summed E-state index contributed by atoms with van der Waals surface area (Å²) in [6, 6.07) is 4.85. The van der Waals surface area contributed by atoms with Crippen LogP contribution < -0.4 is 0 Å². The summed E-state index contributed by atoms with van der Waals surface area (Å²) < 4.78 is 0.686. The first-order valence-corrected chi connectivity index (χ1v) is 5.68. The van der Waals surface area contributed by atoms with Gasteiger partial charge in [0.2, 0.25) is 0 Å². The molecular weight excluding hydrogens is 274 g/mol. The third kappa shape index (κ3) is 3.57. The van der Waals surface area contributed by atoms with Gasteiger partial charge in [-0.2, -0.15) is 0 Å². The molecule has 0 radical (unpaired) electrons. The fraction of sp³-hybridized carbons (Fsp3) is 0.455. The van der Waals surface area contributed by atoms with Crippen LogP contribution in [0.1, 0.15) is 19.4 Å². The Labute approximate surface area is 103 Å². The van der Waals surface area contributed by atoms with E-state index in [1.807, 2.05) is 19.9 Å². The molecule has 0 spiro atoms. The average molecular weight is 288 g/mol. The smallest absolute Gasteiger partial charge is 0.270 e. The fourth-order valence-corrected chi connectivity index (χ4v) is 1.98. The molecule has 0 unspecified atom stereocenters. The quantitative estimate of drug-likeness (QED) is 0.684. The molecule has 0 atom stereocenters. The monoisotopic (exact) mass is 287 g/mol. The van der Waals surface area contributed by atoms with Crippen molar-refractivity contribution < 1.29 is 10.0 Å². The van der Waals surface area contributed by atoms with E-state index in [1.165, 1.54) is 6.07 Å². The number of non-ortho nitro benzene ring substituents is 1. The summed E-state index contributed by atoms with van der Waals surface area (Å²) in [5.41, 5.74) is 0.646. The van der Waals surface area contributed by atoms with E-state index in [2.05, 4.69) is 15.9 Å². The van der Waals surface area contributed by atoms with Crippen molar-refractivity contribution in [1.82, 2.24) is 0 Å². The van der Waals surface area contributed by atoms with Crippen molar-refractivity contribution in [3.8, 4) is 0 Å². The Morgan fingerprint density at radius 2 is 2.06 bits per heavy atom. The molecule has 0 heterocycles. The Morgan fingerprint density at radius 1 is 1.44 bits per heavy atom. The SMILES string of the molecule is CC(C)(CO)Cc1cc(Br)cc([N+](=O)[O-])c1. The molecule has 1 rings (SSSR count). The van der Waals surface area contributed by atoms with Crippen molar-refractivity contribution in [1.29, 1.82) is 0 Å². The van der Waals surface area contributed by atoms with Crippen LogP contribution in [0.25, 0.3) is 0 Å². The highest BCUT2D eigenvalue weighted by atomic mass is 79.9. The third-order valence-electron chi connectivity index (χ3n) is 2.26. The van der Waals surface area contributed by atoms with Gasteiger partial charge in [0.15, 0.2) is 0 Å². The molecule has 5 heteroatoms. The Balaban J connectivity index is 3.01. The summed E-state index contributed by atoms with van der Waals surface area (Å²) in [5, 5.41) is 19.8. The number of nitro groups is 1. The minimum atomic E-state index is -0.416. The van der Waals surface area contributed by atoms with Crippen LogP contribution in [0.3, 0.4) is 0 Å². The lowest BCUT2D eigenvalue weighted by Crippen LogP contribution is -2.19. The van der Waals surface area contributed by atoms with Crippen molar-refractivity contribution in [2.45, 2.75) is 20.3 Å². The second kappa shape index (κ2) is 4.93. The molecule has 16 heavy (non-hydrogen) atoms. The van der Waals surface area contributed by atoms with Gasteiger partial charge in [0.1, 0.15) is 0 Å². The van der Waals surface area contributed by atoms with Crippen LogP contribution in [0.4, 0.5) is 5.69 Å². The number of halogens is 1. The molecule has 0 aliphatic heterocycles. The first-order valence-electron chi connectivity index (χ1n) is 4.89. The lowest BCUT2D eigenvalue weighted by Gasteiger charge is -2.21. The van der Waals surface area contributed by atoms with Crippen molar-refractivity contribution in [2.75, 3.05) is 6.61 Å². The van der Waals surface area contributed by atoms with Gasteiger partial charge < -0.3 is 5.11 Å². The number of rotatable bonds is 4. The predicted molar refractivity (Wildman–Crippen MR) is 65.4 cm³/mol. The van der Waals surface area contributed by atoms with Gasteiger partial charge in [-0.3, -0.25) is 10.1 Å². The van der Waals surface area contributed by atoms with Gasteiger partial charge >= 0.3 is 0 Å². The minimum Gasteiger partial charge on any atom is -0.396 e. The van der Waals surface area contributed by atoms with E-state index in [9.17, 15) is 10.1 Å². The van der Waals surface area contributed by atoms with Gasteiger partial charge in [-0.15, -0.1) is 0 Å². The lowest BCUT2D eigenvalue weighted by molar-refractivity contribution is -0.385. The molecule has 0 aromatic heterocycles. The molecule has 0 fully saturated rings. The van der Waals surface area contributed by atoms with Crippen LogP contribution in [0.15, 0.2) is 22.7 Å². The number of hydrogen-bond acceptors (Lipinski definition) is 3. The highest BCUT2D eigenvalue weighted by molar-refractivity contribution is 9.10. The van der Waals surface area contributed by atoms with Gasteiger partial charge in [-0.05, 0) is 23.5 Å². The minimum absolute atomic E-state index is 0.0489. The van der Waals surface area contributed by atoms with Gasteiger partial charge in [-0.1, -0.05) is 29.8 Å². The zero-order valence-electron chi connectivity index (χ0n) is 9.24. The number of nitro benzene ring substituents is 1. The van der Waals surface area contributed by atoms with Gasteiger partial charge in [0.05, 0.1) is 4.92 Å². The fourth-order valence-electron chi connectivity index (χ4n) is 1.45. The largest absolute Gasteiger partial charge is 0.396 e. The first-order chi connectivity index (χ1) is 7.34. The molecule has 1 aromatic rings. The lowest BCUT2D eigenvalue weighted by atomic mass is 9.87. The van der Waals surface area contributed by atoms with E-state index in [1.54, 1.807) is 6.07 Å². The molecule has 0 saturated carbocycles. The van der Waals surface area contributed by atoms with Crippen LogP contribution in [0.2, 0.25) is 0 Å². The zero-order chi connectivity index (χ0) is 12.3. The van der Waals surface area contributed by atoms with Crippen LogP contribution in [-0.4, -0.2) is 16.6 Å². The normalized spacial score (nSPS) is 11.5. The maximum Gasteiger partial charge on any atom is 0.270 e. The van der Waals surface area contributed by atoms with E-state index in [0.717, 1.165) is 5.56 Å². The molecule has 0 aliphatic rings. The second-order valence-electron chi connectivity index (χ2n) is 4.57. The van der Waals surface area contributed by atoms with Crippen LogP contribution in [0.5, 0.6) is 0 Å². The second-order valence-corrected chi connectivity index (χ2v) is 5.49. The molecule has 1 N–H and O–H groups in total. The molecule has 0 saturated heterocycles. The average Bonchev–Trinajstić information content (AvgIpc) is 2.16. The standard InChI is InChI=1S/C11H14BrNO3/c1-11(2,7-14)6-8-3-9(12)5-10(4-8)13(15)16/h3-5,14H,6-7H2,1-2H3. The summed E-state index contributed by atoms with van der Waals surface area (Å²) in [4.78, 5) is 10.3. The number of aliphatic hydroxyl groups is 1. The number of aliphatic hydroxyl groups excluding tert-OH is 1. The van der Waals surface area contributed by atoms with E-state index in [0.29, 0.717) is 10.9 Å². The Hall–Kier alpha value is -0.940. The van der Waals surface area contributed by atoms with Gasteiger partial charge in [-0.25, -0.2) is 0 Å². The van der Waals surface area contributed by atoms with Crippen molar-refractivity contribution in [3.05, 3.63) is 38.3 Å². The molecular formula is C11H14BrNO3. The Morgan fingerprint density at radius 3 is 2.56 bits per heavy atom. The molecule has 0 bridgehead atoms. The van der Waals surface area contributed by atoms with Gasteiger partial charge in [0, 0.05) is 23.2 Å². The summed E-state index contributed by atoms with van der Waals surface area (Å²) >= 11 is 3.24. The molecule has 4 nitrogen and oxygen atoms in total. The predicted octanol–water partition coefficient (Wildman–Crippen LogP) is 2.92. The highest BCUT2D eigenvalue weighted by Gasteiger charge is 2.19. The van der Waals surface area contributed by atoms with E-state index in [-0.39, 0.29) is 17.7 Å². The number of benzene rings is 1. The molecule has 88 valence electrons. The van der Waals surface area contributed by atoms with Crippen molar-refractivity contribution in [2.24, 2.45) is 5.41 Å². The van der Waals surface area contributed by atoms with Crippen molar-refractivity contribution >= 4 is 21.6 Å². The van der Waals surface area contributed by atoms with Gasteiger partial charge in [0.25, 0.3) is 5.69 Å². The van der Waals surface area contributed by atoms with E-state index >= 15 is 0 Å². The molecule has 0 amide bonds. The summed E-state index contributed by atoms with van der Waals surface area (Å²) in [6.45, 7) is 3.88. The maximum atomic E-state index is 10.7. The van der Waals surface area contributed by atoms with Crippen LogP contribution in [0, 0.1) is 15.5 Å². The van der Waals surface area contributed by atoms with Crippen LogP contribution >= 0.6 is 15.9 Å². The Kier molecular flexibility index (Phi) is 4.04. The molecule has 1 aromatic carbocycles. The topological polar surface area (TPSA) is 63.4 Å². The first kappa shape index (κ1) is 13.1. The highest BCUT2D eigenvalue weighted by Crippen LogP contribution is 2.27. The zero-order valence-corrected chi connectivity index (χ0v) is 10.8. The summed E-state index contributed by atoms with van der Waals surface area (Å²) in [6.07, 6.45) is 0.601. The number of nitrogens with zero attached hydrogens (tertiary/aromatic N) is 1. The van der Waals surface area contributed by atoms with Crippen LogP contribution in [-0.2, 0) is 6.42 Å². The third-order valence-corrected chi connectivity index (χ3v) is 2.72. The van der Waals surface area contributed by atoms with E-state index in [4.69, 9.17) is 5.11 Å². The Bertz CT molecular complexity index is 404. The summed E-state index contributed by atoms with van der Waals surface area (Å²) in [5.74, 6) is 0. The van der Waals surface area contributed by atoms with Crippen molar-refractivity contribution in [3.63, 3.8) is 0 Å². The molecule has 0 aliphatic carbocycles.